The van der Waals surface area contributed by atoms with Crippen molar-refractivity contribution >= 4 is 23.5 Å². The van der Waals surface area contributed by atoms with Gasteiger partial charge in [-0.3, -0.25) is 4.79 Å². The van der Waals surface area contributed by atoms with Gasteiger partial charge in [-0.2, -0.15) is 11.8 Å². The quantitative estimate of drug-likeness (QED) is 0.884. The van der Waals surface area contributed by atoms with Crippen LogP contribution in [-0.2, 0) is 4.79 Å². The first kappa shape index (κ1) is 16.1. The van der Waals surface area contributed by atoms with Crippen molar-refractivity contribution in [3.05, 3.63) is 23.9 Å². The zero-order chi connectivity index (χ0) is 15.2. The van der Waals surface area contributed by atoms with E-state index in [1.54, 1.807) is 22.9 Å². The third-order valence-electron chi connectivity index (χ3n) is 3.75. The highest BCUT2D eigenvalue weighted by Gasteiger charge is 2.26. The molecule has 0 aromatic carbocycles. The van der Waals surface area contributed by atoms with E-state index in [1.807, 2.05) is 25.3 Å². The van der Waals surface area contributed by atoms with Crippen LogP contribution in [0.1, 0.15) is 12.0 Å². The van der Waals surface area contributed by atoms with Crippen molar-refractivity contribution in [3.63, 3.8) is 0 Å². The molecular formula is C15H23N3O2S. The fourth-order valence-electron chi connectivity index (χ4n) is 2.51. The minimum absolute atomic E-state index is 0.138. The van der Waals surface area contributed by atoms with E-state index >= 15 is 0 Å². The SMILES string of the molecule is CSCCC(O)C(=O)N1CCN(c2ncccc2C)CC1. The van der Waals surface area contributed by atoms with Gasteiger partial charge in [0.05, 0.1) is 0 Å². The van der Waals surface area contributed by atoms with Crippen molar-refractivity contribution in [1.82, 2.24) is 9.88 Å². The van der Waals surface area contributed by atoms with E-state index in [2.05, 4.69) is 9.88 Å². The molecule has 0 radical (unpaired) electrons. The topological polar surface area (TPSA) is 56.7 Å². The second kappa shape index (κ2) is 7.66. The third kappa shape index (κ3) is 4.11. The average molecular weight is 309 g/mol. The van der Waals surface area contributed by atoms with Gasteiger partial charge in [0.1, 0.15) is 11.9 Å². The number of thioether (sulfide) groups is 1. The summed E-state index contributed by atoms with van der Waals surface area (Å²) in [5.74, 6) is 1.66. The molecule has 0 aliphatic carbocycles. The molecule has 1 amide bonds. The van der Waals surface area contributed by atoms with Crippen LogP contribution in [-0.4, -0.2) is 65.2 Å². The number of hydrogen-bond donors (Lipinski definition) is 1. The molecule has 1 aliphatic heterocycles. The van der Waals surface area contributed by atoms with E-state index < -0.39 is 6.10 Å². The first-order valence-electron chi connectivity index (χ1n) is 7.26. The number of amides is 1. The lowest BCUT2D eigenvalue weighted by Gasteiger charge is -2.36. The number of anilines is 1. The van der Waals surface area contributed by atoms with Crippen molar-refractivity contribution in [1.29, 1.82) is 0 Å². The molecule has 1 fully saturated rings. The molecule has 1 unspecified atom stereocenters. The first-order valence-corrected chi connectivity index (χ1v) is 8.65. The van der Waals surface area contributed by atoms with Crippen LogP contribution < -0.4 is 4.90 Å². The molecule has 6 heteroatoms. The summed E-state index contributed by atoms with van der Waals surface area (Å²) in [6, 6.07) is 3.98. The Morgan fingerprint density at radius 2 is 2.14 bits per heavy atom. The summed E-state index contributed by atoms with van der Waals surface area (Å²) < 4.78 is 0. The number of carbonyl (C=O) groups excluding carboxylic acids is 1. The zero-order valence-electron chi connectivity index (χ0n) is 12.7. The lowest BCUT2D eigenvalue weighted by molar-refractivity contribution is -0.140. The lowest BCUT2D eigenvalue weighted by Crippen LogP contribution is -2.52. The van der Waals surface area contributed by atoms with Gasteiger partial charge in [-0.1, -0.05) is 6.07 Å². The van der Waals surface area contributed by atoms with Crippen LogP contribution in [0.5, 0.6) is 0 Å². The Balaban J connectivity index is 1.88. The fourth-order valence-corrected chi connectivity index (χ4v) is 2.97. The number of rotatable bonds is 5. The third-order valence-corrected chi connectivity index (χ3v) is 4.40. The van der Waals surface area contributed by atoms with Crippen molar-refractivity contribution in [2.24, 2.45) is 0 Å². The second-order valence-corrected chi connectivity index (χ2v) is 6.24. The van der Waals surface area contributed by atoms with Crippen molar-refractivity contribution in [3.8, 4) is 0 Å². The van der Waals surface area contributed by atoms with Crippen LogP contribution in [0, 0.1) is 6.92 Å². The molecule has 0 bridgehead atoms. The number of hydrogen-bond acceptors (Lipinski definition) is 5. The molecular weight excluding hydrogens is 286 g/mol. The molecule has 1 aromatic heterocycles. The maximum atomic E-state index is 12.1. The summed E-state index contributed by atoms with van der Waals surface area (Å²) in [5.41, 5.74) is 1.15. The molecule has 1 aliphatic rings. The lowest BCUT2D eigenvalue weighted by atomic mass is 10.2. The van der Waals surface area contributed by atoms with Gasteiger partial charge in [-0.25, -0.2) is 4.98 Å². The molecule has 0 spiro atoms. The van der Waals surface area contributed by atoms with E-state index in [0.717, 1.165) is 30.2 Å². The minimum atomic E-state index is -0.861. The fraction of sp³-hybridized carbons (Fsp3) is 0.600. The van der Waals surface area contributed by atoms with Crippen molar-refractivity contribution in [2.75, 3.05) is 43.1 Å². The predicted molar refractivity (Wildman–Crippen MR) is 86.8 cm³/mol. The summed E-state index contributed by atoms with van der Waals surface area (Å²) in [5, 5.41) is 9.90. The smallest absolute Gasteiger partial charge is 0.251 e. The van der Waals surface area contributed by atoms with E-state index in [0.29, 0.717) is 19.5 Å². The van der Waals surface area contributed by atoms with E-state index in [1.165, 1.54) is 0 Å². The minimum Gasteiger partial charge on any atom is -0.383 e. The van der Waals surface area contributed by atoms with Gasteiger partial charge in [0.25, 0.3) is 5.91 Å². The summed E-state index contributed by atoms with van der Waals surface area (Å²) >= 11 is 1.65. The molecule has 0 saturated carbocycles. The maximum absolute atomic E-state index is 12.1. The predicted octanol–water partition coefficient (Wildman–Crippen LogP) is 1.15. The Labute approximate surface area is 130 Å². The van der Waals surface area contributed by atoms with Crippen LogP contribution in [0.4, 0.5) is 5.82 Å². The standard InChI is InChI=1S/C15H23N3O2S/c1-12-4-3-6-16-14(12)17-7-9-18(10-8-17)15(20)13(19)5-11-21-2/h3-4,6,13,19H,5,7-11H2,1-2H3. The number of nitrogens with zero attached hydrogens (tertiary/aromatic N) is 3. The van der Waals surface area contributed by atoms with E-state index in [4.69, 9.17) is 0 Å². The largest absolute Gasteiger partial charge is 0.383 e. The molecule has 116 valence electrons. The van der Waals surface area contributed by atoms with Gasteiger partial charge in [0.15, 0.2) is 0 Å². The van der Waals surface area contributed by atoms with Gasteiger partial charge in [0.2, 0.25) is 0 Å². The van der Waals surface area contributed by atoms with Crippen LogP contribution in [0.2, 0.25) is 0 Å². The number of aliphatic hydroxyl groups is 1. The Morgan fingerprint density at radius 3 is 2.76 bits per heavy atom. The molecule has 21 heavy (non-hydrogen) atoms. The Kier molecular flexibility index (Phi) is 5.87. The molecule has 1 aromatic rings. The summed E-state index contributed by atoms with van der Waals surface area (Å²) in [6.45, 7) is 4.86. The molecule has 1 saturated heterocycles. The van der Waals surface area contributed by atoms with E-state index in [9.17, 15) is 9.90 Å². The molecule has 1 N–H and O–H groups in total. The monoisotopic (exact) mass is 309 g/mol. The molecule has 5 nitrogen and oxygen atoms in total. The summed E-state index contributed by atoms with van der Waals surface area (Å²) in [7, 11) is 0. The number of aromatic nitrogens is 1. The maximum Gasteiger partial charge on any atom is 0.251 e. The van der Waals surface area contributed by atoms with Gasteiger partial charge >= 0.3 is 0 Å². The Morgan fingerprint density at radius 1 is 1.43 bits per heavy atom. The summed E-state index contributed by atoms with van der Waals surface area (Å²) in [6.07, 6.45) is 3.44. The highest BCUT2D eigenvalue weighted by Crippen LogP contribution is 2.18. The van der Waals surface area contributed by atoms with Gasteiger partial charge in [-0.15, -0.1) is 0 Å². The van der Waals surface area contributed by atoms with Crippen molar-refractivity contribution < 1.29 is 9.90 Å². The van der Waals surface area contributed by atoms with E-state index in [-0.39, 0.29) is 5.91 Å². The van der Waals surface area contributed by atoms with Crippen LogP contribution >= 0.6 is 11.8 Å². The average Bonchev–Trinajstić information content (AvgIpc) is 2.52. The van der Waals surface area contributed by atoms with Crippen molar-refractivity contribution in [2.45, 2.75) is 19.4 Å². The molecule has 2 rings (SSSR count). The molecule has 2 heterocycles. The first-order chi connectivity index (χ1) is 10.1. The highest BCUT2D eigenvalue weighted by molar-refractivity contribution is 7.98. The van der Waals surface area contributed by atoms with Crippen LogP contribution in [0.15, 0.2) is 18.3 Å². The normalized spacial score (nSPS) is 16.9. The van der Waals surface area contributed by atoms with Crippen LogP contribution in [0.3, 0.4) is 0 Å². The summed E-state index contributed by atoms with van der Waals surface area (Å²) in [4.78, 5) is 20.5. The number of pyridine rings is 1. The second-order valence-electron chi connectivity index (χ2n) is 5.25. The highest BCUT2D eigenvalue weighted by atomic mass is 32.2. The van der Waals surface area contributed by atoms with Crippen LogP contribution in [0.25, 0.3) is 0 Å². The number of carbonyl (C=O) groups is 1. The van der Waals surface area contributed by atoms with Gasteiger partial charge < -0.3 is 14.9 Å². The van der Waals surface area contributed by atoms with Gasteiger partial charge in [0, 0.05) is 32.4 Å². The van der Waals surface area contributed by atoms with Gasteiger partial charge in [-0.05, 0) is 37.0 Å². The number of aryl methyl sites for hydroxylation is 1. The number of aliphatic hydroxyl groups excluding tert-OH is 1. The number of piperazine rings is 1. The Hall–Kier alpha value is -1.27. The molecule has 1 atom stereocenters. The zero-order valence-corrected chi connectivity index (χ0v) is 13.5. The Bertz CT molecular complexity index is 476.